The Morgan fingerprint density at radius 2 is 1.60 bits per heavy atom. The summed E-state index contributed by atoms with van der Waals surface area (Å²) in [6.07, 6.45) is 3.90. The van der Waals surface area contributed by atoms with Crippen LogP contribution in [0.4, 0.5) is 14.9 Å². The Morgan fingerprint density at radius 1 is 0.851 bits per heavy atom. The summed E-state index contributed by atoms with van der Waals surface area (Å²) in [5, 5.41) is 15.4. The van der Waals surface area contributed by atoms with Crippen molar-refractivity contribution in [3.8, 4) is 16.9 Å². The molecule has 3 aromatic heterocycles. The molecule has 1 aliphatic carbocycles. The molecular weight excluding hydrogens is 1130 g/mol. The Labute approximate surface area is 508 Å². The number of aryl methyl sites for hydroxylation is 4. The minimum Gasteiger partial charge on any atom is -0.493 e. The van der Waals surface area contributed by atoms with Gasteiger partial charge in [0, 0.05) is 86.0 Å². The number of carbonyl (C=O) groups is 6. The minimum atomic E-state index is -0.983. The monoisotopic (exact) mass is 1200 g/mol. The molecular formula is C66H72ClFN10O9. The van der Waals surface area contributed by atoms with Gasteiger partial charge in [-0.1, -0.05) is 54.1 Å². The maximum atomic E-state index is 14.8. The molecule has 11 rings (SSSR count). The van der Waals surface area contributed by atoms with Crippen LogP contribution in [-0.2, 0) is 63.4 Å². The predicted octanol–water partition coefficient (Wildman–Crippen LogP) is 10.3. The molecule has 19 nitrogen and oxygen atoms in total. The molecule has 1 unspecified atom stereocenters. The Balaban J connectivity index is 0.828. The molecule has 21 heteroatoms. The molecule has 5 heterocycles. The Bertz CT molecular complexity index is 4020. The number of carbonyl (C=O) groups excluding carboxylic acids is 6. The number of hydrogen-bond acceptors (Lipinski definition) is 12. The van der Waals surface area contributed by atoms with E-state index in [2.05, 4.69) is 20.9 Å². The number of ether oxygens (including phenoxy) is 3. The zero-order chi connectivity index (χ0) is 61.4. The number of hydrogen-bond donors (Lipinski definition) is 3. The lowest BCUT2D eigenvalue weighted by atomic mass is 9.98. The van der Waals surface area contributed by atoms with E-state index < -0.39 is 41.4 Å². The lowest BCUT2D eigenvalue weighted by molar-refractivity contribution is -0.135. The molecule has 3 N–H and O–H groups in total. The van der Waals surface area contributed by atoms with E-state index in [0.29, 0.717) is 86.5 Å². The number of esters is 1. The maximum Gasteiger partial charge on any atom is 0.411 e. The van der Waals surface area contributed by atoms with Crippen molar-refractivity contribution in [3.63, 3.8) is 0 Å². The minimum absolute atomic E-state index is 0.00911. The van der Waals surface area contributed by atoms with Gasteiger partial charge >= 0.3 is 12.1 Å². The van der Waals surface area contributed by atoms with Crippen LogP contribution >= 0.6 is 11.6 Å². The fourth-order valence-corrected chi connectivity index (χ4v) is 12.2. The normalized spacial score (nSPS) is 15.7. The molecule has 454 valence electrons. The van der Waals surface area contributed by atoms with Crippen LogP contribution in [-0.4, -0.2) is 120 Å². The lowest BCUT2D eigenvalue weighted by Gasteiger charge is -2.35. The summed E-state index contributed by atoms with van der Waals surface area (Å²) in [7, 11) is 1.89. The SMILES string of the molecule is Cc1nn(C)c(C)c1-c1c(Cl)ccc2c(CCCOc3cccc4cc(F)ccc34)c(C(=O)OC(C)(C)C)n(CCN3CCN(C(=O)Cn4c(C)nc5c(C(=O)NC6CCC(=O)NC6=O)cc(NC(=O)OCc6ccc(CC7CC7)cc6)cc54)CC3)c12. The van der Waals surface area contributed by atoms with Gasteiger partial charge in [0.1, 0.15) is 53.4 Å². The van der Waals surface area contributed by atoms with Crippen molar-refractivity contribution in [2.45, 2.75) is 118 Å². The number of piperazine rings is 1. The van der Waals surface area contributed by atoms with Gasteiger partial charge in [0.2, 0.25) is 17.7 Å². The van der Waals surface area contributed by atoms with Gasteiger partial charge in [0.25, 0.3) is 5.91 Å². The van der Waals surface area contributed by atoms with Gasteiger partial charge in [-0.25, -0.2) is 19.0 Å². The van der Waals surface area contributed by atoms with Crippen LogP contribution in [0.1, 0.15) is 108 Å². The molecule has 2 saturated heterocycles. The van der Waals surface area contributed by atoms with E-state index in [1.807, 2.05) is 106 Å². The average molecular weight is 1200 g/mol. The zero-order valence-corrected chi connectivity index (χ0v) is 50.9. The van der Waals surface area contributed by atoms with Crippen LogP contribution in [0.15, 0.2) is 84.9 Å². The first-order valence-corrected chi connectivity index (χ1v) is 30.1. The van der Waals surface area contributed by atoms with Crippen molar-refractivity contribution in [1.82, 2.24) is 44.3 Å². The second kappa shape index (κ2) is 25.0. The molecule has 1 atom stereocenters. The van der Waals surface area contributed by atoms with Gasteiger partial charge < -0.3 is 33.6 Å². The number of aromatic nitrogens is 5. The fraction of sp³-hybridized carbons (Fsp3) is 0.394. The van der Waals surface area contributed by atoms with Crippen molar-refractivity contribution in [2.75, 3.05) is 44.6 Å². The van der Waals surface area contributed by atoms with Gasteiger partial charge in [0.05, 0.1) is 33.9 Å². The first-order chi connectivity index (χ1) is 41.7. The van der Waals surface area contributed by atoms with Crippen molar-refractivity contribution in [2.24, 2.45) is 13.0 Å². The number of benzene rings is 5. The molecule has 8 aromatic rings. The molecule has 3 aliphatic rings. The third kappa shape index (κ3) is 13.4. The Hall–Kier alpha value is -8.62. The van der Waals surface area contributed by atoms with Crippen molar-refractivity contribution < 1.29 is 47.4 Å². The summed E-state index contributed by atoms with van der Waals surface area (Å²) in [6.45, 7) is 14.1. The highest BCUT2D eigenvalue weighted by molar-refractivity contribution is 6.35. The number of piperidine rings is 1. The molecule has 0 bridgehead atoms. The van der Waals surface area contributed by atoms with Crippen LogP contribution in [0.3, 0.4) is 0 Å². The smallest absolute Gasteiger partial charge is 0.411 e. The summed E-state index contributed by atoms with van der Waals surface area (Å²) >= 11 is 7.26. The van der Waals surface area contributed by atoms with E-state index in [4.69, 9.17) is 35.9 Å². The maximum absolute atomic E-state index is 14.8. The summed E-state index contributed by atoms with van der Waals surface area (Å²) in [5.41, 5.74) is 7.42. The van der Waals surface area contributed by atoms with Crippen LogP contribution in [0, 0.1) is 32.5 Å². The van der Waals surface area contributed by atoms with Gasteiger partial charge in [-0.05, 0) is 151 Å². The summed E-state index contributed by atoms with van der Waals surface area (Å²) in [6, 6.07) is 24.1. The van der Waals surface area contributed by atoms with Gasteiger partial charge in [-0.15, -0.1) is 0 Å². The van der Waals surface area contributed by atoms with E-state index >= 15 is 0 Å². The van der Waals surface area contributed by atoms with E-state index in [-0.39, 0.29) is 54.5 Å². The first kappa shape index (κ1) is 60.1. The number of imide groups is 1. The molecule has 3 fully saturated rings. The highest BCUT2D eigenvalue weighted by Crippen LogP contribution is 2.43. The van der Waals surface area contributed by atoms with Gasteiger partial charge in [0.15, 0.2) is 0 Å². The van der Waals surface area contributed by atoms with Crippen molar-refractivity contribution in [1.29, 1.82) is 0 Å². The summed E-state index contributed by atoms with van der Waals surface area (Å²) in [5.74, 6) is -0.905. The van der Waals surface area contributed by atoms with E-state index in [9.17, 15) is 33.2 Å². The number of anilines is 1. The van der Waals surface area contributed by atoms with E-state index in [1.165, 1.54) is 36.6 Å². The fourth-order valence-electron chi connectivity index (χ4n) is 12.0. The summed E-state index contributed by atoms with van der Waals surface area (Å²) in [4.78, 5) is 90.3. The largest absolute Gasteiger partial charge is 0.493 e. The van der Waals surface area contributed by atoms with Gasteiger partial charge in [-0.2, -0.15) is 5.10 Å². The predicted molar refractivity (Wildman–Crippen MR) is 329 cm³/mol. The Morgan fingerprint density at radius 3 is 2.31 bits per heavy atom. The topological polar surface area (TPSA) is 213 Å². The third-order valence-electron chi connectivity index (χ3n) is 16.6. The molecule has 5 amide bonds. The number of rotatable bonds is 19. The molecule has 0 spiro atoms. The molecule has 87 heavy (non-hydrogen) atoms. The van der Waals surface area contributed by atoms with Crippen molar-refractivity contribution in [3.05, 3.63) is 141 Å². The number of nitrogens with one attached hydrogen (secondary N) is 3. The highest BCUT2D eigenvalue weighted by atomic mass is 35.5. The van der Waals surface area contributed by atoms with E-state index in [0.717, 1.165) is 67.7 Å². The standard InChI is InChI=1S/C66H72ClFN10O9/c1-38-57(39(2)74(7)73-38)58-51(67)22-21-49-48(11-9-31-85-54-12-8-10-44-33-45(68)19-20-47(44)54)61(64(83)87-66(4,5)6)77(60(49)58)30-27-75-25-28-76(29-26-75)56(80)36-78-40(3)69-59-50(62(81)71-52-23-24-55(79)72-63(52)82)34-46(35-53(59)78)70-65(84)86-37-43-17-15-42(16-18-43)32-41-13-14-41/h8,10,12,15-22,33-35,41,52H,9,11,13-14,23-32,36-37H2,1-7H3,(H,70,84)(H,71,81)(H,72,79,82). The quantitative estimate of drug-likeness (QED) is 0.0392. The lowest BCUT2D eigenvalue weighted by Crippen LogP contribution is -2.52. The number of halogens is 2. The third-order valence-corrected chi connectivity index (χ3v) is 16.9. The number of nitrogens with zero attached hydrogens (tertiary/aromatic N) is 7. The number of fused-ring (bicyclic) bond motifs is 3. The van der Waals surface area contributed by atoms with Crippen LogP contribution in [0.25, 0.3) is 43.8 Å². The molecule has 0 radical (unpaired) electrons. The second-order valence-electron chi connectivity index (χ2n) is 24.0. The van der Waals surface area contributed by atoms with Gasteiger partial charge in [-0.3, -0.25) is 39.4 Å². The Kier molecular flexibility index (Phi) is 17.3. The van der Waals surface area contributed by atoms with Crippen LogP contribution in [0.5, 0.6) is 5.75 Å². The molecule has 5 aromatic carbocycles. The van der Waals surface area contributed by atoms with Crippen molar-refractivity contribution >= 4 is 85.7 Å². The molecule has 2 aliphatic heterocycles. The number of amides is 5. The van der Waals surface area contributed by atoms with Crippen LogP contribution < -0.4 is 20.7 Å². The highest BCUT2D eigenvalue weighted by Gasteiger charge is 2.34. The average Bonchev–Trinajstić information content (AvgIpc) is 1.69. The zero-order valence-electron chi connectivity index (χ0n) is 50.1. The number of imidazole rings is 1. The first-order valence-electron chi connectivity index (χ1n) is 29.7. The summed E-state index contributed by atoms with van der Waals surface area (Å²) < 4.78 is 37.9. The second-order valence-corrected chi connectivity index (χ2v) is 24.5. The van der Waals surface area contributed by atoms with Crippen LogP contribution in [0.2, 0.25) is 5.02 Å². The molecule has 1 saturated carbocycles. The van der Waals surface area contributed by atoms with E-state index in [1.54, 1.807) is 28.5 Å².